The Bertz CT molecular complexity index is 498. The molecule has 0 saturated carbocycles. The van der Waals surface area contributed by atoms with Gasteiger partial charge < -0.3 is 9.84 Å². The number of likely N-dealkylation sites (N-methyl/N-ethyl adjacent to an activating group) is 1. The minimum absolute atomic E-state index is 0.224. The Morgan fingerprint density at radius 1 is 1.41 bits per heavy atom. The molecule has 90 valence electrons. The fourth-order valence-corrected chi connectivity index (χ4v) is 1.46. The molecule has 2 rings (SSSR count). The Labute approximate surface area is 98.8 Å². The van der Waals surface area contributed by atoms with Gasteiger partial charge in [0.2, 0.25) is 0 Å². The number of nitrogens with zero attached hydrogens (tertiary/aromatic N) is 2. The molecule has 0 spiro atoms. The van der Waals surface area contributed by atoms with E-state index in [1.807, 2.05) is 14.0 Å². The van der Waals surface area contributed by atoms with Crippen LogP contribution in [0.4, 0.5) is 4.39 Å². The molecule has 0 fully saturated rings. The predicted octanol–water partition coefficient (Wildman–Crippen LogP) is 2.03. The van der Waals surface area contributed by atoms with E-state index in [0.717, 1.165) is 0 Å². The molecule has 1 atom stereocenters. The first kappa shape index (κ1) is 11.7. The van der Waals surface area contributed by atoms with Crippen molar-refractivity contribution in [1.29, 1.82) is 0 Å². The van der Waals surface area contributed by atoms with Crippen molar-refractivity contribution in [1.82, 2.24) is 15.5 Å². The number of benzene rings is 1. The van der Waals surface area contributed by atoms with Crippen LogP contribution in [0.5, 0.6) is 0 Å². The van der Waals surface area contributed by atoms with Crippen molar-refractivity contribution in [3.8, 4) is 11.5 Å². The number of nitrogens with one attached hydrogen (secondary N) is 1. The van der Waals surface area contributed by atoms with Crippen LogP contribution < -0.4 is 5.32 Å². The van der Waals surface area contributed by atoms with E-state index < -0.39 is 0 Å². The van der Waals surface area contributed by atoms with E-state index in [-0.39, 0.29) is 17.7 Å². The number of hydrogen-bond donors (Lipinski definition) is 1. The van der Waals surface area contributed by atoms with Crippen LogP contribution in [0.15, 0.2) is 28.8 Å². The van der Waals surface area contributed by atoms with Crippen LogP contribution in [-0.2, 0) is 6.42 Å². The van der Waals surface area contributed by atoms with E-state index in [2.05, 4.69) is 15.5 Å². The molecule has 5 heteroatoms. The zero-order valence-electron chi connectivity index (χ0n) is 9.77. The average molecular weight is 235 g/mol. The molecule has 1 aromatic heterocycles. The molecule has 0 amide bonds. The van der Waals surface area contributed by atoms with Crippen molar-refractivity contribution in [2.45, 2.75) is 19.4 Å². The Kier molecular flexibility index (Phi) is 3.49. The summed E-state index contributed by atoms with van der Waals surface area (Å²) in [6, 6.07) is 6.60. The molecule has 0 bridgehead atoms. The zero-order valence-corrected chi connectivity index (χ0v) is 9.77. The first-order valence-electron chi connectivity index (χ1n) is 5.45. The van der Waals surface area contributed by atoms with Gasteiger partial charge in [-0.15, -0.1) is 0 Å². The van der Waals surface area contributed by atoms with Crippen molar-refractivity contribution in [3.05, 3.63) is 35.9 Å². The summed E-state index contributed by atoms with van der Waals surface area (Å²) in [5.74, 6) is 0.441. The van der Waals surface area contributed by atoms with E-state index in [9.17, 15) is 4.39 Å². The molecule has 1 N–H and O–H groups in total. The lowest BCUT2D eigenvalue weighted by Gasteiger charge is -2.04. The number of hydrogen-bond acceptors (Lipinski definition) is 4. The summed E-state index contributed by atoms with van der Waals surface area (Å²) < 4.78 is 18.5. The van der Waals surface area contributed by atoms with Crippen LogP contribution in [-0.4, -0.2) is 23.2 Å². The molecule has 1 unspecified atom stereocenters. The van der Waals surface area contributed by atoms with Crippen molar-refractivity contribution in [2.75, 3.05) is 7.05 Å². The fraction of sp³-hybridized carbons (Fsp3) is 0.333. The third kappa shape index (κ3) is 2.68. The monoisotopic (exact) mass is 235 g/mol. The van der Waals surface area contributed by atoms with Crippen LogP contribution >= 0.6 is 0 Å². The summed E-state index contributed by atoms with van der Waals surface area (Å²) in [4.78, 5) is 4.17. The van der Waals surface area contributed by atoms with Crippen molar-refractivity contribution in [3.63, 3.8) is 0 Å². The highest BCUT2D eigenvalue weighted by Crippen LogP contribution is 2.20. The highest BCUT2D eigenvalue weighted by atomic mass is 19.1. The summed E-state index contributed by atoms with van der Waals surface area (Å²) in [6.07, 6.45) is 0.647. The van der Waals surface area contributed by atoms with Crippen LogP contribution in [0.3, 0.4) is 0 Å². The van der Waals surface area contributed by atoms with Crippen molar-refractivity contribution >= 4 is 0 Å². The van der Waals surface area contributed by atoms with Gasteiger partial charge in [-0.1, -0.05) is 17.3 Å². The molecule has 4 nitrogen and oxygen atoms in total. The van der Waals surface area contributed by atoms with E-state index in [0.29, 0.717) is 17.8 Å². The van der Waals surface area contributed by atoms with Gasteiger partial charge in [0.15, 0.2) is 5.82 Å². The predicted molar refractivity (Wildman–Crippen MR) is 61.9 cm³/mol. The van der Waals surface area contributed by atoms with Gasteiger partial charge in [0.1, 0.15) is 5.82 Å². The number of aromatic nitrogens is 2. The zero-order chi connectivity index (χ0) is 12.3. The van der Waals surface area contributed by atoms with E-state index in [1.165, 1.54) is 6.07 Å². The smallest absolute Gasteiger partial charge is 0.260 e. The van der Waals surface area contributed by atoms with Gasteiger partial charge in [-0.25, -0.2) is 4.39 Å². The normalized spacial score (nSPS) is 12.6. The summed E-state index contributed by atoms with van der Waals surface area (Å²) in [6.45, 7) is 2.01. The number of rotatable bonds is 4. The van der Waals surface area contributed by atoms with Crippen LogP contribution in [0.1, 0.15) is 12.7 Å². The van der Waals surface area contributed by atoms with Gasteiger partial charge >= 0.3 is 0 Å². The molecule has 0 aliphatic rings. The first-order chi connectivity index (χ1) is 8.20. The van der Waals surface area contributed by atoms with Crippen LogP contribution in [0.2, 0.25) is 0 Å². The minimum Gasteiger partial charge on any atom is -0.334 e. The number of halogens is 1. The molecule has 1 aromatic carbocycles. The lowest BCUT2D eigenvalue weighted by Crippen LogP contribution is -2.24. The standard InChI is InChI=1S/C12H14FN3O/c1-8(14-2)7-11-15-12(17-16-11)9-5-3-4-6-10(9)13/h3-6,8,14H,7H2,1-2H3. The Balaban J connectivity index is 2.21. The second kappa shape index (κ2) is 5.05. The third-order valence-electron chi connectivity index (χ3n) is 2.55. The Morgan fingerprint density at radius 3 is 2.88 bits per heavy atom. The summed E-state index contributed by atoms with van der Waals surface area (Å²) >= 11 is 0. The maximum absolute atomic E-state index is 13.5. The summed E-state index contributed by atoms with van der Waals surface area (Å²) in [5.41, 5.74) is 0.336. The molecule has 0 saturated heterocycles. The molecule has 1 heterocycles. The SMILES string of the molecule is CNC(C)Cc1noc(-c2ccccc2F)n1. The Morgan fingerprint density at radius 2 is 2.18 bits per heavy atom. The van der Waals surface area contributed by atoms with Crippen molar-refractivity contribution in [2.24, 2.45) is 0 Å². The average Bonchev–Trinajstić information content (AvgIpc) is 2.78. The summed E-state index contributed by atoms with van der Waals surface area (Å²) in [7, 11) is 1.86. The van der Waals surface area contributed by atoms with E-state index >= 15 is 0 Å². The lowest BCUT2D eigenvalue weighted by molar-refractivity contribution is 0.416. The maximum atomic E-state index is 13.5. The molecule has 2 aromatic rings. The second-order valence-corrected chi connectivity index (χ2v) is 3.89. The molecular formula is C12H14FN3O. The molecule has 0 aliphatic carbocycles. The first-order valence-corrected chi connectivity index (χ1v) is 5.45. The van der Waals surface area contributed by atoms with Crippen molar-refractivity contribution < 1.29 is 8.91 Å². The van der Waals surface area contributed by atoms with Gasteiger partial charge in [-0.05, 0) is 26.1 Å². The van der Waals surface area contributed by atoms with Crippen LogP contribution in [0.25, 0.3) is 11.5 Å². The fourth-order valence-electron chi connectivity index (χ4n) is 1.46. The topological polar surface area (TPSA) is 51.0 Å². The van der Waals surface area contributed by atoms with Gasteiger partial charge in [-0.2, -0.15) is 4.98 Å². The van der Waals surface area contributed by atoms with E-state index in [4.69, 9.17) is 4.52 Å². The second-order valence-electron chi connectivity index (χ2n) is 3.89. The highest BCUT2D eigenvalue weighted by Gasteiger charge is 2.13. The maximum Gasteiger partial charge on any atom is 0.260 e. The molecular weight excluding hydrogens is 221 g/mol. The van der Waals surface area contributed by atoms with Gasteiger partial charge in [0.05, 0.1) is 5.56 Å². The van der Waals surface area contributed by atoms with Gasteiger partial charge in [0, 0.05) is 12.5 Å². The summed E-state index contributed by atoms with van der Waals surface area (Å²) in [5, 5.41) is 6.91. The highest BCUT2D eigenvalue weighted by molar-refractivity contribution is 5.53. The Hall–Kier alpha value is -1.75. The molecule has 17 heavy (non-hydrogen) atoms. The van der Waals surface area contributed by atoms with Gasteiger partial charge in [-0.3, -0.25) is 0 Å². The quantitative estimate of drug-likeness (QED) is 0.880. The third-order valence-corrected chi connectivity index (χ3v) is 2.55. The van der Waals surface area contributed by atoms with E-state index in [1.54, 1.807) is 18.2 Å². The molecule has 0 radical (unpaired) electrons. The minimum atomic E-state index is -0.357. The van der Waals surface area contributed by atoms with Gasteiger partial charge in [0.25, 0.3) is 5.89 Å². The molecule has 0 aliphatic heterocycles. The largest absolute Gasteiger partial charge is 0.334 e. The van der Waals surface area contributed by atoms with Crippen LogP contribution in [0, 0.1) is 5.82 Å². The lowest BCUT2D eigenvalue weighted by atomic mass is 10.2.